The van der Waals surface area contributed by atoms with Crippen molar-refractivity contribution in [1.29, 1.82) is 0 Å². The maximum Gasteiger partial charge on any atom is 0.198 e. The van der Waals surface area contributed by atoms with Crippen molar-refractivity contribution in [3.63, 3.8) is 0 Å². The van der Waals surface area contributed by atoms with Crippen LogP contribution < -0.4 is 0 Å². The Morgan fingerprint density at radius 3 is 2.21 bits per heavy atom. The van der Waals surface area contributed by atoms with E-state index in [9.17, 15) is 4.79 Å². The van der Waals surface area contributed by atoms with Crippen LogP contribution in [0, 0.1) is 0 Å². The summed E-state index contributed by atoms with van der Waals surface area (Å²) in [5.41, 5.74) is 1.96. The molecule has 3 nitrogen and oxygen atoms in total. The molecule has 0 fully saturated rings. The number of ketones is 1. The molecule has 19 heavy (non-hydrogen) atoms. The Bertz CT molecular complexity index is 687. The zero-order chi connectivity index (χ0) is 13.1. The van der Waals surface area contributed by atoms with Gasteiger partial charge in [-0.3, -0.25) is 4.79 Å². The molecule has 0 aliphatic rings. The first kappa shape index (κ1) is 11.4. The van der Waals surface area contributed by atoms with Gasteiger partial charge in [-0.25, -0.2) is 0 Å². The smallest absolute Gasteiger partial charge is 0.198 e. The van der Waals surface area contributed by atoms with Crippen molar-refractivity contribution in [1.82, 2.24) is 5.16 Å². The van der Waals surface area contributed by atoms with Gasteiger partial charge in [0, 0.05) is 11.1 Å². The Balaban J connectivity index is 2.04. The quantitative estimate of drug-likeness (QED) is 0.666. The van der Waals surface area contributed by atoms with Gasteiger partial charge in [0.05, 0.1) is 11.8 Å². The molecule has 3 rings (SSSR count). The first-order chi connectivity index (χ1) is 9.36. The summed E-state index contributed by atoms with van der Waals surface area (Å²) in [6, 6.07) is 18.6. The molecule has 1 aromatic heterocycles. The van der Waals surface area contributed by atoms with Gasteiger partial charge in [0.1, 0.15) is 0 Å². The van der Waals surface area contributed by atoms with Gasteiger partial charge in [0.15, 0.2) is 11.5 Å². The molecular weight excluding hydrogens is 238 g/mol. The Hall–Kier alpha value is -2.68. The Kier molecular flexibility index (Phi) is 2.94. The second-order valence-corrected chi connectivity index (χ2v) is 4.13. The van der Waals surface area contributed by atoms with Crippen LogP contribution in [0.3, 0.4) is 0 Å². The predicted octanol–water partition coefficient (Wildman–Crippen LogP) is 3.57. The lowest BCUT2D eigenvalue weighted by atomic mass is 10.0. The van der Waals surface area contributed by atoms with Crippen LogP contribution in [0.25, 0.3) is 11.3 Å². The minimum atomic E-state index is -0.0827. The van der Waals surface area contributed by atoms with Gasteiger partial charge in [-0.15, -0.1) is 0 Å². The lowest BCUT2D eigenvalue weighted by Gasteiger charge is -2.00. The van der Waals surface area contributed by atoms with E-state index in [1.165, 1.54) is 6.20 Å². The molecule has 2 aromatic carbocycles. The summed E-state index contributed by atoms with van der Waals surface area (Å²) in [5, 5.41) is 3.75. The largest absolute Gasteiger partial charge is 0.356 e. The molecule has 0 saturated heterocycles. The monoisotopic (exact) mass is 249 g/mol. The Morgan fingerprint density at radius 2 is 1.53 bits per heavy atom. The highest BCUT2D eigenvalue weighted by Gasteiger charge is 2.18. The first-order valence-corrected chi connectivity index (χ1v) is 5.96. The minimum Gasteiger partial charge on any atom is -0.356 e. The van der Waals surface area contributed by atoms with E-state index in [2.05, 4.69) is 5.16 Å². The summed E-state index contributed by atoms with van der Waals surface area (Å²) >= 11 is 0. The van der Waals surface area contributed by atoms with Crippen LogP contribution in [-0.2, 0) is 0 Å². The second kappa shape index (κ2) is 4.90. The van der Waals surface area contributed by atoms with E-state index in [4.69, 9.17) is 4.52 Å². The molecule has 0 aliphatic heterocycles. The van der Waals surface area contributed by atoms with Crippen molar-refractivity contribution in [2.45, 2.75) is 0 Å². The predicted molar refractivity (Wildman–Crippen MR) is 71.8 cm³/mol. The van der Waals surface area contributed by atoms with Gasteiger partial charge in [-0.1, -0.05) is 65.8 Å². The lowest BCUT2D eigenvalue weighted by Crippen LogP contribution is -2.00. The summed E-state index contributed by atoms with van der Waals surface area (Å²) < 4.78 is 5.22. The van der Waals surface area contributed by atoms with Crippen LogP contribution in [0.15, 0.2) is 71.4 Å². The van der Waals surface area contributed by atoms with Crippen LogP contribution in [0.1, 0.15) is 15.9 Å². The Morgan fingerprint density at radius 1 is 0.895 bits per heavy atom. The first-order valence-electron chi connectivity index (χ1n) is 5.96. The van der Waals surface area contributed by atoms with Crippen molar-refractivity contribution in [2.24, 2.45) is 0 Å². The van der Waals surface area contributed by atoms with Gasteiger partial charge in [0.2, 0.25) is 0 Å². The summed E-state index contributed by atoms with van der Waals surface area (Å²) in [6.45, 7) is 0. The topological polar surface area (TPSA) is 43.1 Å². The number of nitrogens with zero attached hydrogens (tertiary/aromatic N) is 1. The van der Waals surface area contributed by atoms with Crippen molar-refractivity contribution in [3.05, 3.63) is 78.0 Å². The minimum absolute atomic E-state index is 0.0827. The van der Waals surface area contributed by atoms with Crippen LogP contribution >= 0.6 is 0 Å². The highest BCUT2D eigenvalue weighted by Crippen LogP contribution is 2.25. The number of benzene rings is 2. The van der Waals surface area contributed by atoms with E-state index in [1.54, 1.807) is 12.1 Å². The fourth-order valence-corrected chi connectivity index (χ4v) is 1.94. The fourth-order valence-electron chi connectivity index (χ4n) is 1.94. The number of carbonyl (C=O) groups is 1. The number of rotatable bonds is 3. The van der Waals surface area contributed by atoms with E-state index >= 15 is 0 Å². The van der Waals surface area contributed by atoms with Gasteiger partial charge in [-0.2, -0.15) is 0 Å². The summed E-state index contributed by atoms with van der Waals surface area (Å²) in [4.78, 5) is 12.4. The second-order valence-electron chi connectivity index (χ2n) is 4.13. The Labute approximate surface area is 110 Å². The van der Waals surface area contributed by atoms with E-state index in [0.717, 1.165) is 5.56 Å². The molecule has 3 heteroatoms. The molecular formula is C16H11NO2. The van der Waals surface area contributed by atoms with Crippen LogP contribution in [-0.4, -0.2) is 10.9 Å². The third-order valence-corrected chi connectivity index (χ3v) is 2.89. The lowest BCUT2D eigenvalue weighted by molar-refractivity contribution is 0.103. The molecule has 0 atom stereocenters. The third-order valence-electron chi connectivity index (χ3n) is 2.89. The number of aromatic nitrogens is 1. The standard InChI is InChI=1S/C16H11NO2/c18-15(12-7-3-1-4-8-12)14-11-17-19-16(14)13-9-5-2-6-10-13/h1-11H. The number of carbonyl (C=O) groups excluding carboxylic acids is 1. The van der Waals surface area contributed by atoms with Crippen LogP contribution in [0.2, 0.25) is 0 Å². The van der Waals surface area contributed by atoms with Crippen LogP contribution in [0.4, 0.5) is 0 Å². The van der Waals surface area contributed by atoms with E-state index < -0.39 is 0 Å². The maximum atomic E-state index is 12.4. The molecule has 0 bridgehead atoms. The molecule has 92 valence electrons. The summed E-state index contributed by atoms with van der Waals surface area (Å²) in [7, 11) is 0. The van der Waals surface area contributed by atoms with Gasteiger partial charge >= 0.3 is 0 Å². The molecule has 0 aliphatic carbocycles. The normalized spacial score (nSPS) is 10.3. The molecule has 0 amide bonds. The number of hydrogen-bond acceptors (Lipinski definition) is 3. The molecule has 0 unspecified atom stereocenters. The number of hydrogen-bond donors (Lipinski definition) is 0. The molecule has 1 heterocycles. The van der Waals surface area contributed by atoms with Crippen molar-refractivity contribution in [3.8, 4) is 11.3 Å². The third kappa shape index (κ3) is 2.18. The summed E-state index contributed by atoms with van der Waals surface area (Å²) in [6.07, 6.45) is 1.47. The van der Waals surface area contributed by atoms with E-state index in [-0.39, 0.29) is 5.78 Å². The average molecular weight is 249 g/mol. The van der Waals surface area contributed by atoms with Crippen molar-refractivity contribution < 1.29 is 9.32 Å². The zero-order valence-electron chi connectivity index (χ0n) is 10.1. The van der Waals surface area contributed by atoms with E-state index in [0.29, 0.717) is 16.9 Å². The zero-order valence-corrected chi connectivity index (χ0v) is 10.1. The molecule has 0 saturated carbocycles. The molecule has 0 spiro atoms. The summed E-state index contributed by atoms with van der Waals surface area (Å²) in [5.74, 6) is 0.426. The fraction of sp³-hybridized carbons (Fsp3) is 0. The SMILES string of the molecule is O=C(c1ccccc1)c1cnoc1-c1ccccc1. The van der Waals surface area contributed by atoms with Crippen molar-refractivity contribution >= 4 is 5.78 Å². The van der Waals surface area contributed by atoms with E-state index in [1.807, 2.05) is 48.5 Å². The average Bonchev–Trinajstić information content (AvgIpc) is 2.98. The molecule has 0 N–H and O–H groups in total. The highest BCUT2D eigenvalue weighted by atomic mass is 16.5. The van der Waals surface area contributed by atoms with Gasteiger partial charge in [0.25, 0.3) is 0 Å². The highest BCUT2D eigenvalue weighted by molar-refractivity contribution is 6.11. The van der Waals surface area contributed by atoms with Crippen LogP contribution in [0.5, 0.6) is 0 Å². The molecule has 3 aromatic rings. The van der Waals surface area contributed by atoms with Gasteiger partial charge < -0.3 is 4.52 Å². The van der Waals surface area contributed by atoms with Gasteiger partial charge in [-0.05, 0) is 0 Å². The maximum absolute atomic E-state index is 12.4. The van der Waals surface area contributed by atoms with Crippen molar-refractivity contribution in [2.75, 3.05) is 0 Å². The molecule has 0 radical (unpaired) electrons.